The minimum Gasteiger partial charge on any atom is -0.463 e. The lowest BCUT2D eigenvalue weighted by atomic mass is 9.84. The van der Waals surface area contributed by atoms with Crippen molar-refractivity contribution in [1.29, 1.82) is 0 Å². The molecule has 0 aromatic carbocycles. The number of allylic oxidation sites excluding steroid dienone is 2. The number of hydrogen-bond acceptors (Lipinski definition) is 23. The molecule has 18 atom stereocenters. The second kappa shape index (κ2) is 54.4. The molecule has 3 rings (SSSR count). The summed E-state index contributed by atoms with van der Waals surface area (Å²) >= 11 is 0. The number of carbonyl (C=O) groups excluding carboxylic acids is 3. The molecule has 2 heterocycles. The number of esters is 3. The topological polar surface area (TPSA) is 374 Å². The van der Waals surface area contributed by atoms with Gasteiger partial charge in [0.25, 0.3) is 0 Å². The Labute approximate surface area is 580 Å². The fourth-order valence-electron chi connectivity index (χ4n) is 12.6. The van der Waals surface area contributed by atoms with Gasteiger partial charge in [-0.2, -0.15) is 0 Å². The summed E-state index contributed by atoms with van der Waals surface area (Å²) in [4.78, 5) is 51.0. The Morgan fingerprint density at radius 2 is 0.722 bits per heavy atom. The third-order valence-electron chi connectivity index (χ3n) is 18.8. The van der Waals surface area contributed by atoms with E-state index in [9.17, 15) is 74.9 Å². The van der Waals surface area contributed by atoms with E-state index in [0.29, 0.717) is 19.3 Å². The number of aliphatic hydroxyl groups excluding tert-OH is 10. The fraction of sp³-hybridized carbons (Fsp3) is 0.931. The highest BCUT2D eigenvalue weighted by Crippen LogP contribution is 2.49. The Hall–Kier alpha value is -2.30. The highest BCUT2D eigenvalue weighted by molar-refractivity contribution is 7.47. The fourth-order valence-corrected chi connectivity index (χ4v) is 13.5. The molecule has 2 aliphatic heterocycles. The van der Waals surface area contributed by atoms with E-state index >= 15 is 0 Å². The van der Waals surface area contributed by atoms with Gasteiger partial charge in [0, 0.05) is 19.3 Å². The molecular weight excluding hydrogens is 1280 g/mol. The lowest BCUT2D eigenvalue weighted by molar-refractivity contribution is -0.360. The van der Waals surface area contributed by atoms with Crippen LogP contribution in [0.1, 0.15) is 297 Å². The molecule has 0 aromatic rings. The summed E-state index contributed by atoms with van der Waals surface area (Å²) in [6.45, 7) is 3.44. The zero-order valence-electron chi connectivity index (χ0n) is 59.4. The van der Waals surface area contributed by atoms with Crippen LogP contribution < -0.4 is 0 Å². The van der Waals surface area contributed by atoms with Crippen LogP contribution in [0, 0.1) is 0 Å². The van der Waals surface area contributed by atoms with Crippen molar-refractivity contribution in [2.24, 2.45) is 0 Å². The standard InChI is InChI=1S/C72H133O24P/c1-4-7-10-13-16-19-22-25-27-28-30-33-34-37-40-43-46-56(74)88-50-53(91-58(76)48-45-42-39-36-31-24-21-18-15-12-9-6-3)51-90-97(86,87)96-70-68(94-71-66(84)61(79)59(77)54(49-73)92-71)64(82)63(81)65(83)69(70)95-72-67(85)62(80)60(78)55(93-72)52-89-57(75)47-44-41-38-35-32-29-26-23-20-17-14-11-8-5-2/h29,32,53-55,59-73,77-85H,4-28,30-31,33-52H2,1-3H3,(H,86,87)/b32-29-. The van der Waals surface area contributed by atoms with Crippen molar-refractivity contribution in [3.8, 4) is 0 Å². The number of carbonyl (C=O) groups is 3. The molecule has 0 radical (unpaired) electrons. The van der Waals surface area contributed by atoms with Gasteiger partial charge in [-0.15, -0.1) is 0 Å². The van der Waals surface area contributed by atoms with Crippen LogP contribution in [0.15, 0.2) is 12.2 Å². The van der Waals surface area contributed by atoms with Crippen molar-refractivity contribution in [3.05, 3.63) is 12.2 Å². The molecule has 25 heteroatoms. The summed E-state index contributed by atoms with van der Waals surface area (Å²) in [5, 5.41) is 110. The summed E-state index contributed by atoms with van der Waals surface area (Å²) in [6, 6.07) is 0. The third-order valence-corrected chi connectivity index (χ3v) is 19.8. The number of rotatable bonds is 59. The van der Waals surface area contributed by atoms with Crippen LogP contribution >= 0.6 is 7.82 Å². The number of ether oxygens (including phenoxy) is 7. The van der Waals surface area contributed by atoms with Gasteiger partial charge in [0.05, 0.1) is 13.2 Å². The Morgan fingerprint density at radius 3 is 1.12 bits per heavy atom. The van der Waals surface area contributed by atoms with Gasteiger partial charge in [-0.25, -0.2) is 4.57 Å². The maximum atomic E-state index is 14.3. The molecule has 11 N–H and O–H groups in total. The smallest absolute Gasteiger partial charge is 0.463 e. The predicted octanol–water partition coefficient (Wildman–Crippen LogP) is 10.4. The minimum atomic E-state index is -5.69. The van der Waals surface area contributed by atoms with Gasteiger partial charge >= 0.3 is 25.7 Å². The highest BCUT2D eigenvalue weighted by atomic mass is 31.2. The van der Waals surface area contributed by atoms with Gasteiger partial charge in [0.1, 0.15) is 98.7 Å². The Morgan fingerprint density at radius 1 is 0.392 bits per heavy atom. The molecule has 0 spiro atoms. The predicted molar refractivity (Wildman–Crippen MR) is 365 cm³/mol. The van der Waals surface area contributed by atoms with Crippen molar-refractivity contribution >= 4 is 25.7 Å². The van der Waals surface area contributed by atoms with E-state index in [2.05, 4.69) is 32.9 Å². The molecule has 24 nitrogen and oxygen atoms in total. The highest BCUT2D eigenvalue weighted by Gasteiger charge is 2.58. The summed E-state index contributed by atoms with van der Waals surface area (Å²) in [7, 11) is -5.69. The monoisotopic (exact) mass is 1410 g/mol. The van der Waals surface area contributed by atoms with E-state index in [0.717, 1.165) is 89.9 Å². The Bertz CT molecular complexity index is 2060. The minimum absolute atomic E-state index is 0.00963. The maximum absolute atomic E-state index is 14.3. The average Bonchev–Trinajstić information content (AvgIpc) is 0.781. The molecular formula is C72H133O24P. The van der Waals surface area contributed by atoms with Crippen LogP contribution in [0.4, 0.5) is 0 Å². The number of phosphoric ester groups is 1. The van der Waals surface area contributed by atoms with E-state index < -0.39 is 156 Å². The first kappa shape index (κ1) is 88.9. The lowest BCUT2D eigenvalue weighted by Gasteiger charge is -2.49. The number of phosphoric acid groups is 1. The van der Waals surface area contributed by atoms with Crippen LogP contribution in [-0.2, 0) is 61.2 Å². The van der Waals surface area contributed by atoms with E-state index in [1.165, 1.54) is 148 Å². The summed E-state index contributed by atoms with van der Waals surface area (Å²) in [5.41, 5.74) is 0. The Balaban J connectivity index is 1.73. The number of hydrogen-bond donors (Lipinski definition) is 11. The van der Waals surface area contributed by atoms with Gasteiger partial charge in [0.2, 0.25) is 0 Å². The van der Waals surface area contributed by atoms with Crippen molar-refractivity contribution in [2.75, 3.05) is 26.4 Å². The van der Waals surface area contributed by atoms with Crippen LogP contribution in [0.25, 0.3) is 0 Å². The maximum Gasteiger partial charge on any atom is 0.472 e. The molecule has 3 aliphatic rings. The lowest BCUT2D eigenvalue weighted by Crippen LogP contribution is -2.69. The SMILES string of the molecule is CCCCCCCCC/C=C\CCCCCC(=O)OCC1OC(OC2C(O)C(O)C(O)C(OC3OC(CO)C(O)C(O)C3O)C2OP(=O)(O)OCC(COC(=O)CCCCCCCCCCCCCCCCCC)OC(=O)CCCCCCCCCCCCCC)C(O)C(O)C1O. The van der Waals surface area contributed by atoms with Gasteiger partial charge < -0.3 is 89.1 Å². The molecule has 570 valence electrons. The number of aliphatic hydroxyl groups is 10. The molecule has 0 amide bonds. The van der Waals surface area contributed by atoms with Crippen LogP contribution in [0.2, 0.25) is 0 Å². The molecule has 97 heavy (non-hydrogen) atoms. The molecule has 18 unspecified atom stereocenters. The van der Waals surface area contributed by atoms with Crippen LogP contribution in [0.5, 0.6) is 0 Å². The molecule has 1 aliphatic carbocycles. The van der Waals surface area contributed by atoms with Crippen molar-refractivity contribution in [2.45, 2.75) is 401 Å². The first-order valence-electron chi connectivity index (χ1n) is 38.0. The van der Waals surface area contributed by atoms with E-state index in [-0.39, 0.29) is 19.3 Å². The van der Waals surface area contributed by atoms with E-state index in [1.807, 2.05) is 0 Å². The second-order valence-corrected chi connectivity index (χ2v) is 28.8. The molecule has 0 aromatic heterocycles. The summed E-state index contributed by atoms with van der Waals surface area (Å²) < 4.78 is 65.0. The van der Waals surface area contributed by atoms with Crippen LogP contribution in [-0.4, -0.2) is 204 Å². The molecule has 2 saturated heterocycles. The van der Waals surface area contributed by atoms with Crippen LogP contribution in [0.3, 0.4) is 0 Å². The van der Waals surface area contributed by atoms with E-state index in [4.69, 9.17) is 42.2 Å². The third kappa shape index (κ3) is 37.6. The van der Waals surface area contributed by atoms with Crippen molar-refractivity contribution < 1.29 is 117 Å². The summed E-state index contributed by atoms with van der Waals surface area (Å²) in [6.07, 6.45) is 12.8. The van der Waals surface area contributed by atoms with Gasteiger partial charge in [-0.05, 0) is 44.9 Å². The normalized spacial score (nSPS) is 27.8. The van der Waals surface area contributed by atoms with Crippen molar-refractivity contribution in [3.63, 3.8) is 0 Å². The molecule has 3 fully saturated rings. The average molecular weight is 1410 g/mol. The first-order valence-corrected chi connectivity index (χ1v) is 39.5. The largest absolute Gasteiger partial charge is 0.472 e. The number of unbranched alkanes of at least 4 members (excludes halogenated alkanes) is 36. The quantitative estimate of drug-likeness (QED) is 0.00886. The van der Waals surface area contributed by atoms with Gasteiger partial charge in [-0.3, -0.25) is 23.4 Å². The molecule has 1 saturated carbocycles. The zero-order valence-corrected chi connectivity index (χ0v) is 60.3. The molecule has 0 bridgehead atoms. The van der Waals surface area contributed by atoms with Crippen molar-refractivity contribution in [1.82, 2.24) is 0 Å². The van der Waals surface area contributed by atoms with Gasteiger partial charge in [0.15, 0.2) is 18.7 Å². The van der Waals surface area contributed by atoms with E-state index in [1.54, 1.807) is 0 Å². The second-order valence-electron chi connectivity index (χ2n) is 27.4. The van der Waals surface area contributed by atoms with Gasteiger partial charge in [-0.1, -0.05) is 245 Å². The summed E-state index contributed by atoms with van der Waals surface area (Å²) in [5.74, 6) is -1.99. The zero-order chi connectivity index (χ0) is 71.1. The Kier molecular flexibility index (Phi) is 49.8. The first-order chi connectivity index (χ1) is 46.8.